The third kappa shape index (κ3) is 6.97. The smallest absolute Gasteiger partial charge is 0.394 e. The number of aldehydes is 1. The monoisotopic (exact) mass is 340 g/mol. The van der Waals surface area contributed by atoms with Gasteiger partial charge in [-0.2, -0.15) is 4.31 Å². The molecule has 14 heteroatoms. The minimum atomic E-state index is -5.40. The molecule has 12 nitrogen and oxygen atoms in total. The summed E-state index contributed by atoms with van der Waals surface area (Å²) in [7, 11) is -10.8. The average Bonchev–Trinajstić information content (AvgIpc) is 2.30. The molecule has 0 aliphatic heterocycles. The number of hydrogen-bond acceptors (Lipinski definition) is 9. The van der Waals surface area contributed by atoms with Crippen LogP contribution in [-0.4, -0.2) is 72.4 Å². The van der Waals surface area contributed by atoms with E-state index in [4.69, 9.17) is 24.9 Å². The molecule has 0 spiro atoms. The molecule has 0 heterocycles. The largest absolute Gasteiger partial charge is 0.481 e. The Kier molecular flexibility index (Phi) is 7.60. The maximum atomic E-state index is 11.1. The van der Waals surface area contributed by atoms with Crippen molar-refractivity contribution in [2.45, 2.75) is 24.4 Å². The third-order valence-electron chi connectivity index (χ3n) is 1.88. The number of aliphatic hydroxyl groups excluding tert-OH is 4. The standard InChI is InChI=1S/C6H14O12P2/c7-1-3(9)5(10)6(11)4(2-8)17-20(15,16)18-19(12,13)14/h1,3-6,8-11H,2H2,(H,15,16)(H2,12,13,14)/t3-,4+,5+,6-/m0/s1. The first-order valence-corrected chi connectivity index (χ1v) is 7.84. The predicted octanol–water partition coefficient (Wildman–Crippen LogP) is -3.14. The first-order valence-electron chi connectivity index (χ1n) is 4.82. The van der Waals surface area contributed by atoms with Gasteiger partial charge in [0.1, 0.15) is 24.4 Å². The van der Waals surface area contributed by atoms with E-state index in [1.54, 1.807) is 0 Å². The van der Waals surface area contributed by atoms with Crippen molar-refractivity contribution in [1.29, 1.82) is 0 Å². The second-order valence-corrected chi connectivity index (χ2v) is 6.26. The van der Waals surface area contributed by atoms with E-state index in [-0.39, 0.29) is 6.29 Å². The van der Waals surface area contributed by atoms with Crippen molar-refractivity contribution in [3.63, 3.8) is 0 Å². The SMILES string of the molecule is O=C[C@H](O)[C@@H](O)[C@@H](O)[C@@H](CO)OP(=O)(O)OP(=O)(O)O. The van der Waals surface area contributed by atoms with Crippen molar-refractivity contribution in [2.75, 3.05) is 6.61 Å². The number of phosphoric acid groups is 2. The topological polar surface area (TPSA) is 211 Å². The fourth-order valence-corrected chi connectivity index (χ4v) is 2.79. The van der Waals surface area contributed by atoms with Crippen LogP contribution in [0.2, 0.25) is 0 Å². The summed E-state index contributed by atoms with van der Waals surface area (Å²) in [5.41, 5.74) is 0. The Bertz CT molecular complexity index is 405. The van der Waals surface area contributed by atoms with E-state index in [0.29, 0.717) is 0 Å². The van der Waals surface area contributed by atoms with Gasteiger partial charge in [-0.25, -0.2) is 9.13 Å². The van der Waals surface area contributed by atoms with Gasteiger partial charge in [0.2, 0.25) is 0 Å². The number of carbonyl (C=O) groups excluding carboxylic acids is 1. The van der Waals surface area contributed by atoms with Crippen LogP contribution in [0.25, 0.3) is 0 Å². The molecule has 0 amide bonds. The number of aliphatic hydroxyl groups is 4. The molecule has 0 aliphatic rings. The summed E-state index contributed by atoms with van der Waals surface area (Å²) in [5, 5.41) is 36.4. The van der Waals surface area contributed by atoms with E-state index in [1.165, 1.54) is 0 Å². The van der Waals surface area contributed by atoms with Gasteiger partial charge in [0.05, 0.1) is 6.61 Å². The molecule has 5 atom stereocenters. The Labute approximate surface area is 112 Å². The van der Waals surface area contributed by atoms with Crippen molar-refractivity contribution in [2.24, 2.45) is 0 Å². The number of carbonyl (C=O) groups is 1. The molecule has 0 saturated carbocycles. The first kappa shape index (κ1) is 19.8. The molecule has 0 aliphatic carbocycles. The maximum absolute atomic E-state index is 11.1. The van der Waals surface area contributed by atoms with Crippen LogP contribution in [0.1, 0.15) is 0 Å². The minimum Gasteiger partial charge on any atom is -0.394 e. The second kappa shape index (κ2) is 7.69. The molecule has 120 valence electrons. The Morgan fingerprint density at radius 3 is 1.90 bits per heavy atom. The summed E-state index contributed by atoms with van der Waals surface area (Å²) in [5.74, 6) is 0. The van der Waals surface area contributed by atoms with Crippen molar-refractivity contribution in [3.8, 4) is 0 Å². The lowest BCUT2D eigenvalue weighted by atomic mass is 10.0. The molecular formula is C6H14O12P2. The zero-order valence-corrected chi connectivity index (χ0v) is 11.4. The quantitative estimate of drug-likeness (QED) is 0.164. The highest BCUT2D eigenvalue weighted by Crippen LogP contribution is 2.58. The summed E-state index contributed by atoms with van der Waals surface area (Å²) in [6, 6.07) is 0. The van der Waals surface area contributed by atoms with Crippen LogP contribution in [0.15, 0.2) is 0 Å². The molecule has 20 heavy (non-hydrogen) atoms. The zero-order valence-electron chi connectivity index (χ0n) is 9.66. The van der Waals surface area contributed by atoms with E-state index in [1.807, 2.05) is 0 Å². The third-order valence-corrected chi connectivity index (χ3v) is 4.09. The normalized spacial score (nSPS) is 21.6. The lowest BCUT2D eigenvalue weighted by molar-refractivity contribution is -0.135. The van der Waals surface area contributed by atoms with E-state index in [2.05, 4.69) is 8.83 Å². The molecule has 7 N–H and O–H groups in total. The van der Waals surface area contributed by atoms with Crippen LogP contribution in [0, 0.1) is 0 Å². The van der Waals surface area contributed by atoms with E-state index in [0.717, 1.165) is 0 Å². The summed E-state index contributed by atoms with van der Waals surface area (Å²) in [6.07, 6.45) is -8.71. The number of rotatable bonds is 9. The van der Waals surface area contributed by atoms with Crippen LogP contribution in [0.5, 0.6) is 0 Å². The van der Waals surface area contributed by atoms with Gasteiger partial charge in [0, 0.05) is 0 Å². The van der Waals surface area contributed by atoms with Gasteiger partial charge in [-0.1, -0.05) is 0 Å². The van der Waals surface area contributed by atoms with Crippen molar-refractivity contribution in [1.82, 2.24) is 0 Å². The minimum absolute atomic E-state index is 0.160. The van der Waals surface area contributed by atoms with Gasteiger partial charge in [-0.05, 0) is 0 Å². The van der Waals surface area contributed by atoms with E-state index in [9.17, 15) is 24.1 Å². The van der Waals surface area contributed by atoms with Crippen molar-refractivity contribution < 1.29 is 57.9 Å². The molecule has 0 saturated heterocycles. The summed E-state index contributed by atoms with van der Waals surface area (Å²) in [6.45, 7) is -1.20. The highest BCUT2D eigenvalue weighted by molar-refractivity contribution is 7.60. The van der Waals surface area contributed by atoms with Crippen molar-refractivity contribution >= 4 is 21.9 Å². The fraction of sp³-hybridized carbons (Fsp3) is 0.833. The fourth-order valence-electron chi connectivity index (χ4n) is 1.03. The number of hydrogen-bond donors (Lipinski definition) is 7. The lowest BCUT2D eigenvalue weighted by Crippen LogP contribution is -2.47. The average molecular weight is 340 g/mol. The molecule has 0 aromatic carbocycles. The van der Waals surface area contributed by atoms with Crippen LogP contribution in [-0.2, 0) is 22.8 Å². The molecular weight excluding hydrogens is 326 g/mol. The van der Waals surface area contributed by atoms with Gasteiger partial charge < -0.3 is 39.9 Å². The molecule has 1 unspecified atom stereocenters. The Hall–Kier alpha value is -0.230. The Balaban J connectivity index is 4.89. The Morgan fingerprint density at radius 1 is 1.05 bits per heavy atom. The first-order chi connectivity index (χ1) is 8.93. The molecule has 0 rings (SSSR count). The van der Waals surface area contributed by atoms with Crippen molar-refractivity contribution in [3.05, 3.63) is 0 Å². The van der Waals surface area contributed by atoms with Gasteiger partial charge in [0.25, 0.3) is 0 Å². The van der Waals surface area contributed by atoms with Gasteiger partial charge in [-0.3, -0.25) is 4.52 Å². The zero-order chi connectivity index (χ0) is 16.1. The Morgan fingerprint density at radius 2 is 1.55 bits per heavy atom. The van der Waals surface area contributed by atoms with Gasteiger partial charge in [0.15, 0.2) is 6.29 Å². The van der Waals surface area contributed by atoms with Gasteiger partial charge in [-0.15, -0.1) is 0 Å². The predicted molar refractivity (Wildman–Crippen MR) is 59.0 cm³/mol. The summed E-state index contributed by atoms with van der Waals surface area (Å²) < 4.78 is 29.0. The van der Waals surface area contributed by atoms with Crippen LogP contribution >= 0.6 is 15.6 Å². The van der Waals surface area contributed by atoms with Crippen LogP contribution in [0.4, 0.5) is 0 Å². The molecule has 0 radical (unpaired) electrons. The highest BCUT2D eigenvalue weighted by Gasteiger charge is 2.40. The molecule has 0 fully saturated rings. The number of phosphoric ester groups is 1. The molecule has 0 bridgehead atoms. The van der Waals surface area contributed by atoms with Gasteiger partial charge >= 0.3 is 15.6 Å². The lowest BCUT2D eigenvalue weighted by Gasteiger charge is -2.27. The molecule has 0 aromatic rings. The second-order valence-electron chi connectivity index (χ2n) is 3.48. The van der Waals surface area contributed by atoms with E-state index >= 15 is 0 Å². The maximum Gasteiger partial charge on any atom is 0.481 e. The highest BCUT2D eigenvalue weighted by atomic mass is 31.3. The molecule has 0 aromatic heterocycles. The van der Waals surface area contributed by atoms with Crippen LogP contribution in [0.3, 0.4) is 0 Å². The van der Waals surface area contributed by atoms with E-state index < -0.39 is 46.7 Å². The van der Waals surface area contributed by atoms with Crippen LogP contribution < -0.4 is 0 Å². The summed E-state index contributed by atoms with van der Waals surface area (Å²) >= 11 is 0. The summed E-state index contributed by atoms with van der Waals surface area (Å²) in [4.78, 5) is 35.8.